The van der Waals surface area contributed by atoms with E-state index in [9.17, 15) is 9.59 Å². The highest BCUT2D eigenvalue weighted by atomic mass is 79.9. The van der Waals surface area contributed by atoms with Gasteiger partial charge in [0, 0.05) is 25.6 Å². The fraction of sp³-hybridized carbons (Fsp3) is 0.0500. The highest BCUT2D eigenvalue weighted by Crippen LogP contribution is 2.31. The fourth-order valence-corrected chi connectivity index (χ4v) is 4.25. The lowest BCUT2D eigenvalue weighted by atomic mass is 10.1. The third-order valence-corrected chi connectivity index (χ3v) is 6.10. The number of hydrogen-bond donors (Lipinski definition) is 1. The Morgan fingerprint density at radius 3 is 2.36 bits per heavy atom. The second kappa shape index (κ2) is 7.98. The van der Waals surface area contributed by atoms with Gasteiger partial charge in [0.05, 0.1) is 11.7 Å². The predicted molar refractivity (Wildman–Crippen MR) is 120 cm³/mol. The first-order valence-electron chi connectivity index (χ1n) is 8.29. The number of nitrogens with one attached hydrogen (secondary N) is 1. The Morgan fingerprint density at radius 2 is 1.68 bits per heavy atom. The lowest BCUT2D eigenvalue weighted by molar-refractivity contribution is -0.116. The van der Waals surface area contributed by atoms with Crippen molar-refractivity contribution >= 4 is 65.0 Å². The monoisotopic (exact) mass is 517 g/mol. The molecule has 140 valence electrons. The predicted octanol–water partition coefficient (Wildman–Crippen LogP) is 5.29. The number of nitrogens with zero attached hydrogens (tertiary/aromatic N) is 2. The maximum absolute atomic E-state index is 13.0. The van der Waals surface area contributed by atoms with Gasteiger partial charge in [-0.2, -0.15) is 0 Å². The van der Waals surface area contributed by atoms with E-state index in [1.807, 2.05) is 41.8 Å². The van der Waals surface area contributed by atoms with Crippen molar-refractivity contribution in [2.24, 2.45) is 0 Å². The topological polar surface area (TPSA) is 64.0 Å². The van der Waals surface area contributed by atoms with Gasteiger partial charge < -0.3 is 5.32 Å². The van der Waals surface area contributed by atoms with Crippen LogP contribution in [0.4, 0.5) is 5.69 Å². The Hall–Kier alpha value is -2.29. The second-order valence-electron chi connectivity index (χ2n) is 6.07. The molecule has 0 saturated carbocycles. The number of carbonyl (C=O) groups excluding carboxylic acids is 1. The molecule has 0 spiro atoms. The van der Waals surface area contributed by atoms with E-state index >= 15 is 0 Å². The zero-order valence-corrected chi connectivity index (χ0v) is 18.3. The van der Waals surface area contributed by atoms with E-state index in [-0.39, 0.29) is 18.0 Å². The largest absolute Gasteiger partial charge is 0.325 e. The first-order chi connectivity index (χ1) is 13.5. The Labute approximate surface area is 181 Å². The van der Waals surface area contributed by atoms with E-state index in [2.05, 4.69) is 42.2 Å². The summed E-state index contributed by atoms with van der Waals surface area (Å²) < 4.78 is 3.23. The molecule has 0 aliphatic rings. The van der Waals surface area contributed by atoms with E-state index < -0.39 is 0 Å². The number of hydrogen-bond acceptors (Lipinski definition) is 4. The number of thiophene rings is 1. The van der Waals surface area contributed by atoms with E-state index in [1.165, 1.54) is 22.2 Å². The number of fused-ring (bicyclic) bond motifs is 1. The normalized spacial score (nSPS) is 10.9. The molecule has 0 atom stereocenters. The van der Waals surface area contributed by atoms with Gasteiger partial charge in [-0.15, -0.1) is 11.3 Å². The van der Waals surface area contributed by atoms with Gasteiger partial charge in [0.1, 0.15) is 11.4 Å². The van der Waals surface area contributed by atoms with Gasteiger partial charge in [0.2, 0.25) is 5.91 Å². The van der Waals surface area contributed by atoms with E-state index in [1.54, 1.807) is 12.1 Å². The lowest BCUT2D eigenvalue weighted by Crippen LogP contribution is -2.27. The average molecular weight is 519 g/mol. The van der Waals surface area contributed by atoms with Crippen LogP contribution in [0.5, 0.6) is 0 Å². The van der Waals surface area contributed by atoms with Crippen LogP contribution in [0.1, 0.15) is 0 Å². The third kappa shape index (κ3) is 3.94. The van der Waals surface area contributed by atoms with Crippen molar-refractivity contribution in [2.45, 2.75) is 6.54 Å². The number of anilines is 1. The number of amides is 1. The van der Waals surface area contributed by atoms with Crippen molar-refractivity contribution in [1.29, 1.82) is 0 Å². The molecule has 0 bridgehead atoms. The molecule has 1 amide bonds. The fourth-order valence-electron chi connectivity index (χ4n) is 2.81. The maximum atomic E-state index is 13.0. The molecule has 4 rings (SSSR count). The standard InChI is InChI=1S/C20H13Br2N3O2S/c21-13-3-1-12(2-4-13)16-10-28-19-18(16)20(27)25(11-23-19)9-17(26)24-15-7-5-14(22)6-8-15/h1-8,10-11H,9H2,(H,24,26). The minimum atomic E-state index is -0.286. The van der Waals surface area contributed by atoms with Crippen LogP contribution in [0.3, 0.4) is 0 Å². The van der Waals surface area contributed by atoms with Crippen LogP contribution >= 0.6 is 43.2 Å². The molecule has 1 N–H and O–H groups in total. The Morgan fingerprint density at radius 1 is 1.04 bits per heavy atom. The molecule has 2 aromatic heterocycles. The summed E-state index contributed by atoms with van der Waals surface area (Å²) in [7, 11) is 0. The van der Waals surface area contributed by atoms with Gasteiger partial charge in [0.15, 0.2) is 0 Å². The summed E-state index contributed by atoms with van der Waals surface area (Å²) in [6.45, 7) is -0.104. The molecule has 5 nitrogen and oxygen atoms in total. The maximum Gasteiger partial charge on any atom is 0.263 e. The molecular formula is C20H13Br2N3O2S. The van der Waals surface area contributed by atoms with Gasteiger partial charge in [-0.05, 0) is 42.0 Å². The van der Waals surface area contributed by atoms with Crippen molar-refractivity contribution in [3.05, 3.63) is 79.5 Å². The first kappa shape index (κ1) is 19.0. The van der Waals surface area contributed by atoms with Gasteiger partial charge in [0.25, 0.3) is 5.56 Å². The minimum absolute atomic E-state index is 0.104. The van der Waals surface area contributed by atoms with Gasteiger partial charge in [-0.25, -0.2) is 4.98 Å². The van der Waals surface area contributed by atoms with Crippen molar-refractivity contribution < 1.29 is 4.79 Å². The lowest BCUT2D eigenvalue weighted by Gasteiger charge is -2.08. The summed E-state index contributed by atoms with van der Waals surface area (Å²) in [5.74, 6) is -0.286. The number of carbonyl (C=O) groups is 1. The van der Waals surface area contributed by atoms with Crippen molar-refractivity contribution in [3.63, 3.8) is 0 Å². The van der Waals surface area contributed by atoms with Crippen LogP contribution in [0.2, 0.25) is 0 Å². The first-order valence-corrected chi connectivity index (χ1v) is 10.8. The summed E-state index contributed by atoms with van der Waals surface area (Å²) in [5.41, 5.74) is 2.20. The molecular weight excluding hydrogens is 506 g/mol. The van der Waals surface area contributed by atoms with Crippen LogP contribution in [0.25, 0.3) is 21.3 Å². The summed E-state index contributed by atoms with van der Waals surface area (Å²) in [6.07, 6.45) is 1.42. The van der Waals surface area contributed by atoms with E-state index in [0.717, 1.165) is 20.1 Å². The molecule has 0 aliphatic carbocycles. The van der Waals surface area contributed by atoms with E-state index in [0.29, 0.717) is 15.9 Å². The van der Waals surface area contributed by atoms with Gasteiger partial charge in [-0.3, -0.25) is 14.2 Å². The molecule has 2 aromatic carbocycles. The summed E-state index contributed by atoms with van der Waals surface area (Å²) in [4.78, 5) is 30.4. The molecule has 0 saturated heterocycles. The Balaban J connectivity index is 1.64. The average Bonchev–Trinajstić information content (AvgIpc) is 3.11. The number of rotatable bonds is 4. The molecule has 2 heterocycles. The third-order valence-electron chi connectivity index (χ3n) is 4.16. The van der Waals surface area contributed by atoms with Crippen LogP contribution in [-0.2, 0) is 11.3 Å². The Kier molecular flexibility index (Phi) is 5.43. The second-order valence-corrected chi connectivity index (χ2v) is 8.76. The smallest absolute Gasteiger partial charge is 0.263 e. The molecule has 28 heavy (non-hydrogen) atoms. The van der Waals surface area contributed by atoms with Crippen LogP contribution in [-0.4, -0.2) is 15.5 Å². The summed E-state index contributed by atoms with van der Waals surface area (Å²) in [6, 6.07) is 15.0. The minimum Gasteiger partial charge on any atom is -0.325 e. The van der Waals surface area contributed by atoms with Crippen LogP contribution < -0.4 is 10.9 Å². The Bertz CT molecular complexity index is 1220. The zero-order valence-electron chi connectivity index (χ0n) is 14.4. The highest BCUT2D eigenvalue weighted by molar-refractivity contribution is 9.10. The van der Waals surface area contributed by atoms with Gasteiger partial charge in [-0.1, -0.05) is 44.0 Å². The highest BCUT2D eigenvalue weighted by Gasteiger charge is 2.15. The quantitative estimate of drug-likeness (QED) is 0.399. The van der Waals surface area contributed by atoms with Gasteiger partial charge >= 0.3 is 0 Å². The molecule has 0 unspecified atom stereocenters. The summed E-state index contributed by atoms with van der Waals surface area (Å²) >= 11 is 8.19. The van der Waals surface area contributed by atoms with Crippen molar-refractivity contribution in [1.82, 2.24) is 9.55 Å². The van der Waals surface area contributed by atoms with Crippen molar-refractivity contribution in [3.8, 4) is 11.1 Å². The van der Waals surface area contributed by atoms with E-state index in [4.69, 9.17) is 0 Å². The number of halogens is 2. The zero-order chi connectivity index (χ0) is 19.7. The molecule has 0 aliphatic heterocycles. The van der Waals surface area contributed by atoms with Crippen LogP contribution in [0, 0.1) is 0 Å². The molecule has 4 aromatic rings. The molecule has 8 heteroatoms. The number of aromatic nitrogens is 2. The van der Waals surface area contributed by atoms with Crippen molar-refractivity contribution in [2.75, 3.05) is 5.32 Å². The number of benzene rings is 2. The molecule has 0 radical (unpaired) electrons. The van der Waals surface area contributed by atoms with Crippen LogP contribution in [0.15, 0.2) is 74.0 Å². The SMILES string of the molecule is O=C(Cn1cnc2scc(-c3ccc(Br)cc3)c2c1=O)Nc1ccc(Br)cc1. The summed E-state index contributed by atoms with van der Waals surface area (Å²) in [5, 5.41) is 5.25. The molecule has 0 fully saturated rings.